The Balaban J connectivity index is 0.000000588. The van der Waals surface area contributed by atoms with Crippen molar-refractivity contribution in [1.82, 2.24) is 19.9 Å². The number of fused-ring (bicyclic) bond motifs is 2. The number of anilines is 3. The van der Waals surface area contributed by atoms with E-state index in [1.165, 1.54) is 65.8 Å². The van der Waals surface area contributed by atoms with E-state index in [1.54, 1.807) is 50.4 Å². The number of aromatic nitrogens is 3. The van der Waals surface area contributed by atoms with E-state index in [4.69, 9.17) is 40.6 Å². The van der Waals surface area contributed by atoms with E-state index in [0.717, 1.165) is 23.5 Å². The molecule has 2 aromatic carbocycles. The Kier molecular flexibility index (Phi) is 28.9. The summed E-state index contributed by atoms with van der Waals surface area (Å²) in [7, 11) is -3.71. The van der Waals surface area contributed by atoms with Gasteiger partial charge in [0, 0.05) is 64.8 Å². The minimum Gasteiger partial charge on any atom is -0.493 e. The number of cyclic esters (lactones) is 2. The highest BCUT2D eigenvalue weighted by atomic mass is 32.2. The largest absolute Gasteiger partial charge is 0.493 e. The van der Waals surface area contributed by atoms with Crippen molar-refractivity contribution < 1.29 is 103 Å². The van der Waals surface area contributed by atoms with Gasteiger partial charge < -0.3 is 60.7 Å². The molecule has 32 heteroatoms. The third kappa shape index (κ3) is 21.9. The van der Waals surface area contributed by atoms with E-state index in [0.29, 0.717) is 47.3 Å². The number of carboxylic acids is 2. The first-order chi connectivity index (χ1) is 39.7. The number of sulfone groups is 2. The number of hydrogen-bond acceptors (Lipinski definition) is 25. The van der Waals surface area contributed by atoms with Gasteiger partial charge in [-0.05, 0) is 49.2 Å². The third-order valence-electron chi connectivity index (χ3n) is 10.8. The van der Waals surface area contributed by atoms with E-state index in [1.807, 2.05) is 6.92 Å². The molecule has 0 saturated carbocycles. The summed E-state index contributed by atoms with van der Waals surface area (Å²) in [6, 6.07) is 8.20. The Hall–Kier alpha value is -9.95. The van der Waals surface area contributed by atoms with Crippen LogP contribution in [0.25, 0.3) is 0 Å². The summed E-state index contributed by atoms with van der Waals surface area (Å²) in [5.74, 6) is -6.23. The molecule has 0 unspecified atom stereocenters. The van der Waals surface area contributed by atoms with Gasteiger partial charge in [-0.3, -0.25) is 48.6 Å². The molecule has 7 rings (SSSR count). The first-order valence-electron chi connectivity index (χ1n) is 24.5. The van der Waals surface area contributed by atoms with Crippen LogP contribution in [0.5, 0.6) is 23.0 Å². The molecule has 2 aliphatic rings. The molecular formula is C55H68N8O22S2. The predicted octanol–water partition coefficient (Wildman–Crippen LogP) is 4.75. The molecule has 0 saturated heterocycles. The van der Waals surface area contributed by atoms with E-state index in [-0.39, 0.29) is 65.8 Å². The van der Waals surface area contributed by atoms with Gasteiger partial charge in [-0.1, -0.05) is 27.0 Å². The number of hydrogen-bond donors (Lipinski definition) is 6. The van der Waals surface area contributed by atoms with Gasteiger partial charge in [0.25, 0.3) is 11.8 Å². The number of carbonyl (C=O) groups is 10. The van der Waals surface area contributed by atoms with Crippen LogP contribution in [0.4, 0.5) is 17.1 Å². The van der Waals surface area contributed by atoms with Crippen molar-refractivity contribution in [2.45, 2.75) is 68.5 Å². The van der Waals surface area contributed by atoms with Crippen LogP contribution in [-0.2, 0) is 48.3 Å². The number of amides is 4. The molecular weight excluding hydrogens is 1190 g/mol. The molecule has 0 spiro atoms. The summed E-state index contributed by atoms with van der Waals surface area (Å²) >= 11 is 0. The van der Waals surface area contributed by atoms with Crippen molar-refractivity contribution in [1.29, 1.82) is 0 Å². The molecule has 4 amide bonds. The summed E-state index contributed by atoms with van der Waals surface area (Å²) < 4.78 is 76.6. The number of aromatic carboxylic acids is 2. The number of pyridine rings is 3. The third-order valence-corrected chi connectivity index (χ3v) is 12.6. The molecule has 0 radical (unpaired) electrons. The van der Waals surface area contributed by atoms with Crippen molar-refractivity contribution in [3.63, 3.8) is 0 Å². The number of carbonyl (C=O) groups excluding carboxylic acids is 8. The fourth-order valence-electron chi connectivity index (χ4n) is 7.54. The fraction of sp³-hybridized carbons (Fsp3) is 0.327. The Morgan fingerprint density at radius 2 is 1.08 bits per heavy atom. The summed E-state index contributed by atoms with van der Waals surface area (Å²) in [5.41, 5.74) is 11.6. The maximum atomic E-state index is 13.3. The number of ether oxygens (including phenoxy) is 6. The van der Waals surface area contributed by atoms with Crippen LogP contribution in [0.15, 0.2) is 73.6 Å². The number of methoxy groups -OCH3 is 2. The number of nitrogens with two attached hydrogens (primary N) is 2. The Labute approximate surface area is 500 Å². The van der Waals surface area contributed by atoms with E-state index in [9.17, 15) is 64.8 Å². The van der Waals surface area contributed by atoms with E-state index >= 15 is 0 Å². The lowest BCUT2D eigenvalue weighted by atomic mass is 10.1. The smallest absolute Gasteiger partial charge is 0.349 e. The number of nitrogen functional groups attached to an aromatic ring is 1. The van der Waals surface area contributed by atoms with Crippen LogP contribution >= 0.6 is 0 Å². The number of rotatable bonds is 17. The minimum atomic E-state index is -3.62. The molecule has 472 valence electrons. The van der Waals surface area contributed by atoms with Crippen molar-refractivity contribution in [3.05, 3.63) is 118 Å². The molecule has 0 fully saturated rings. The topological polar surface area (TPSA) is 453 Å². The molecule has 5 aromatic rings. The van der Waals surface area contributed by atoms with Gasteiger partial charge in [0.2, 0.25) is 11.8 Å². The van der Waals surface area contributed by atoms with Gasteiger partial charge in [-0.2, -0.15) is 0 Å². The highest BCUT2D eigenvalue weighted by molar-refractivity contribution is 7.90. The number of nitrogens with one attached hydrogen (secondary N) is 2. The molecule has 0 bridgehead atoms. The van der Waals surface area contributed by atoms with Crippen molar-refractivity contribution in [3.8, 4) is 23.0 Å². The second-order valence-corrected chi connectivity index (χ2v) is 21.9. The fourth-order valence-corrected chi connectivity index (χ4v) is 9.30. The normalized spacial score (nSPS) is 12.3. The maximum Gasteiger partial charge on any atom is 0.349 e. The number of nitrogens with zero attached hydrogens (tertiary/aromatic N) is 4. The molecule has 8 N–H and O–H groups in total. The van der Waals surface area contributed by atoms with Crippen LogP contribution in [0, 0.1) is 0 Å². The molecule has 87 heavy (non-hydrogen) atoms. The summed E-state index contributed by atoms with van der Waals surface area (Å²) in [6.07, 6.45) is 9.24. The minimum absolute atomic E-state index is 0. The van der Waals surface area contributed by atoms with Crippen molar-refractivity contribution >= 4 is 96.2 Å². The monoisotopic (exact) mass is 1260 g/mol. The van der Waals surface area contributed by atoms with Gasteiger partial charge >= 0.3 is 35.8 Å². The van der Waals surface area contributed by atoms with Crippen LogP contribution in [0.2, 0.25) is 0 Å². The Bertz CT molecular complexity index is 3620. The molecule has 0 aliphatic carbocycles. The van der Waals surface area contributed by atoms with Gasteiger partial charge in [0.15, 0.2) is 23.0 Å². The Morgan fingerprint density at radius 1 is 0.621 bits per heavy atom. The number of imide groups is 1. The van der Waals surface area contributed by atoms with E-state index in [2.05, 4.69) is 35.1 Å². The van der Waals surface area contributed by atoms with Crippen LogP contribution < -0.4 is 41.0 Å². The SMILES string of the molecule is C.C.CC(=O)Nc1cncc2c1C(=O)OC2=O.CC(=O)OC(C)=O.CCOc1cc([C@@H](CS(C)(=O)=O)N2C(=O)c3cncc(NC(C)=O)c3C2=O)ccc1OC.CCOc1cc([C@H](N)CS(C)(=O)=O)ccc1OC.Nc1cncc(C(=O)O)c1C(=O)O. The van der Waals surface area contributed by atoms with Gasteiger partial charge in [-0.15, -0.1) is 0 Å². The lowest BCUT2D eigenvalue weighted by Crippen LogP contribution is -2.37. The summed E-state index contributed by atoms with van der Waals surface area (Å²) in [6.45, 7) is 9.39. The van der Waals surface area contributed by atoms with Crippen molar-refractivity contribution in [2.75, 3.05) is 67.8 Å². The first-order valence-corrected chi connectivity index (χ1v) is 28.6. The number of esters is 4. The lowest BCUT2D eigenvalue weighted by Gasteiger charge is -2.26. The Morgan fingerprint density at radius 3 is 1.49 bits per heavy atom. The maximum absolute atomic E-state index is 13.3. The molecule has 2 aliphatic heterocycles. The number of carboxylic acid groups (broad SMARTS) is 2. The van der Waals surface area contributed by atoms with Gasteiger partial charge in [0.1, 0.15) is 25.2 Å². The zero-order valence-electron chi connectivity index (χ0n) is 47.2. The second-order valence-electron chi connectivity index (χ2n) is 17.6. The number of benzene rings is 2. The second kappa shape index (κ2) is 33.5. The quantitative estimate of drug-likeness (QED) is 0.0415. The highest BCUT2D eigenvalue weighted by Gasteiger charge is 2.44. The predicted molar refractivity (Wildman–Crippen MR) is 313 cm³/mol. The standard InChI is InChI=1S/C21H23N3O7S.C12H19NO4S.C9H6N2O4.C7H6N2O4.C4H6O3.2CH4/c1-5-31-18-8-13(6-7-17(18)30-3)16(11-32(4,28)29)24-20(26)14-9-22-10-15(23-12(2)25)19(14)21(24)27;1-4-17-12-7-9(5-6-11(12)16-2)10(13)8-18(3,14)15;1-4(12)11-6-3-10-2-5-7(6)9(14)15-8(5)13;8-4-2-9-1-3(6(10)11)5(4)7(12)13;1-3(5)7-4(2)6;;/h6-10,16H,5,11H2,1-4H3,(H,23,25);5-7,10H,4,8,13H2,1-3H3;2-3H,1H3,(H,11,12);1-2H,8H2,(H,10,11)(H,12,13);1-2H3;2*1H4/t16-;10-;;;;;/m11...../s1. The van der Waals surface area contributed by atoms with Gasteiger partial charge in [-0.25, -0.2) is 36.0 Å². The lowest BCUT2D eigenvalue weighted by molar-refractivity contribution is -0.156. The zero-order valence-corrected chi connectivity index (χ0v) is 48.9. The molecule has 3 aromatic heterocycles. The zero-order chi connectivity index (χ0) is 64.3. The first kappa shape index (κ1) is 75.1. The summed E-state index contributed by atoms with van der Waals surface area (Å²) in [5, 5.41) is 22.1. The molecule has 30 nitrogen and oxygen atoms in total. The average Bonchev–Trinajstić information content (AvgIpc) is 1.66. The molecule has 2 atom stereocenters. The molecule has 5 heterocycles. The van der Waals surface area contributed by atoms with Gasteiger partial charge in [0.05, 0.1) is 108 Å². The van der Waals surface area contributed by atoms with E-state index < -0.39 is 102 Å². The van der Waals surface area contributed by atoms with Crippen LogP contribution in [-0.4, -0.2) is 158 Å². The van der Waals surface area contributed by atoms with Crippen molar-refractivity contribution in [2.24, 2.45) is 5.73 Å². The highest BCUT2D eigenvalue weighted by Crippen LogP contribution is 2.38. The van der Waals surface area contributed by atoms with Crippen LogP contribution in [0.1, 0.15) is 142 Å². The summed E-state index contributed by atoms with van der Waals surface area (Å²) in [4.78, 5) is 124. The average molecular weight is 1260 g/mol. The van der Waals surface area contributed by atoms with Crippen LogP contribution in [0.3, 0.4) is 0 Å².